The van der Waals surface area contributed by atoms with Crippen molar-refractivity contribution in [3.05, 3.63) is 0 Å². The summed E-state index contributed by atoms with van der Waals surface area (Å²) in [6.07, 6.45) is 9.12. The zero-order valence-electron chi connectivity index (χ0n) is 15.2. The fraction of sp³-hybridized carbons (Fsp3) is 0.947. The summed E-state index contributed by atoms with van der Waals surface area (Å²) in [6, 6.07) is -0.142. The van der Waals surface area contributed by atoms with Gasteiger partial charge in [0.1, 0.15) is 0 Å². The molecule has 1 unspecified atom stereocenters. The standard InChI is InChI=1S/C19H37NO3/c1-13(2)16(10-9-14(3)19(22)23)12-18(21)17(20)11-15-7-5-4-6-8-15/h13-18,21H,4-12,20H2,1-3H3,(H,22,23)/t14?,16-,17-,18-/m0/s1. The van der Waals surface area contributed by atoms with E-state index >= 15 is 0 Å². The molecular formula is C19H37NO3. The van der Waals surface area contributed by atoms with Gasteiger partial charge in [0.25, 0.3) is 0 Å². The summed E-state index contributed by atoms with van der Waals surface area (Å²) in [5.74, 6) is 0.404. The van der Waals surface area contributed by atoms with Gasteiger partial charge in [0.15, 0.2) is 0 Å². The van der Waals surface area contributed by atoms with Crippen LogP contribution in [0.5, 0.6) is 0 Å². The lowest BCUT2D eigenvalue weighted by molar-refractivity contribution is -0.141. The van der Waals surface area contributed by atoms with Crippen LogP contribution in [0.25, 0.3) is 0 Å². The molecule has 1 fully saturated rings. The van der Waals surface area contributed by atoms with Gasteiger partial charge in [-0.1, -0.05) is 52.9 Å². The Morgan fingerprint density at radius 2 is 1.74 bits per heavy atom. The molecule has 0 amide bonds. The Morgan fingerprint density at radius 3 is 2.26 bits per heavy atom. The average molecular weight is 328 g/mol. The van der Waals surface area contributed by atoms with Gasteiger partial charge < -0.3 is 15.9 Å². The Labute approximate surface area is 141 Å². The summed E-state index contributed by atoms with van der Waals surface area (Å²) < 4.78 is 0. The van der Waals surface area contributed by atoms with E-state index in [1.54, 1.807) is 6.92 Å². The second-order valence-corrected chi connectivity index (χ2v) is 8.03. The molecule has 0 aromatic carbocycles. The van der Waals surface area contributed by atoms with Gasteiger partial charge in [-0.3, -0.25) is 4.79 Å². The van der Waals surface area contributed by atoms with Crippen LogP contribution >= 0.6 is 0 Å². The molecule has 1 aliphatic rings. The summed E-state index contributed by atoms with van der Waals surface area (Å²) in [4.78, 5) is 11.0. The van der Waals surface area contributed by atoms with Crippen molar-refractivity contribution in [3.63, 3.8) is 0 Å². The lowest BCUT2D eigenvalue weighted by atomic mass is 9.80. The first-order valence-corrected chi connectivity index (χ1v) is 9.47. The van der Waals surface area contributed by atoms with Gasteiger partial charge in [-0.2, -0.15) is 0 Å². The van der Waals surface area contributed by atoms with E-state index in [0.717, 1.165) is 12.8 Å². The van der Waals surface area contributed by atoms with Gasteiger partial charge in [0.05, 0.1) is 12.0 Å². The minimum atomic E-state index is -0.734. The van der Waals surface area contributed by atoms with E-state index in [1.807, 2.05) is 0 Å². The van der Waals surface area contributed by atoms with Crippen LogP contribution < -0.4 is 5.73 Å². The quantitative estimate of drug-likeness (QED) is 0.570. The second-order valence-electron chi connectivity index (χ2n) is 8.03. The molecular weight excluding hydrogens is 290 g/mol. The highest BCUT2D eigenvalue weighted by Gasteiger charge is 2.26. The molecule has 4 heteroatoms. The Balaban J connectivity index is 2.42. The fourth-order valence-corrected chi connectivity index (χ4v) is 3.76. The lowest BCUT2D eigenvalue weighted by Gasteiger charge is -2.30. The third-order valence-corrected chi connectivity index (χ3v) is 5.70. The van der Waals surface area contributed by atoms with Crippen molar-refractivity contribution in [2.75, 3.05) is 0 Å². The number of aliphatic hydroxyl groups is 1. The summed E-state index contributed by atoms with van der Waals surface area (Å²) in [5, 5.41) is 19.5. The molecule has 0 aromatic rings. The van der Waals surface area contributed by atoms with Gasteiger partial charge in [-0.15, -0.1) is 0 Å². The van der Waals surface area contributed by atoms with Crippen molar-refractivity contribution < 1.29 is 15.0 Å². The first-order chi connectivity index (χ1) is 10.8. The topological polar surface area (TPSA) is 83.5 Å². The highest BCUT2D eigenvalue weighted by atomic mass is 16.4. The molecule has 0 heterocycles. The smallest absolute Gasteiger partial charge is 0.306 e. The van der Waals surface area contributed by atoms with Crippen LogP contribution in [0.2, 0.25) is 0 Å². The van der Waals surface area contributed by atoms with Gasteiger partial charge in [0.2, 0.25) is 0 Å². The molecule has 4 atom stereocenters. The van der Waals surface area contributed by atoms with E-state index < -0.39 is 12.1 Å². The number of aliphatic hydroxyl groups excluding tert-OH is 1. The third kappa shape index (κ3) is 7.67. The molecule has 23 heavy (non-hydrogen) atoms. The lowest BCUT2D eigenvalue weighted by Crippen LogP contribution is -2.38. The molecule has 136 valence electrons. The maximum atomic E-state index is 11.0. The van der Waals surface area contributed by atoms with Crippen molar-refractivity contribution in [1.82, 2.24) is 0 Å². The van der Waals surface area contributed by atoms with Gasteiger partial charge in [-0.05, 0) is 43.4 Å². The van der Waals surface area contributed by atoms with E-state index in [9.17, 15) is 9.90 Å². The highest BCUT2D eigenvalue weighted by Crippen LogP contribution is 2.30. The molecule has 0 radical (unpaired) electrons. The number of rotatable bonds is 10. The van der Waals surface area contributed by atoms with E-state index in [2.05, 4.69) is 13.8 Å². The molecule has 0 aliphatic heterocycles. The van der Waals surface area contributed by atoms with Crippen molar-refractivity contribution in [2.24, 2.45) is 29.4 Å². The summed E-state index contributed by atoms with van der Waals surface area (Å²) >= 11 is 0. The van der Waals surface area contributed by atoms with E-state index in [4.69, 9.17) is 10.8 Å². The van der Waals surface area contributed by atoms with Crippen molar-refractivity contribution in [2.45, 2.75) is 90.7 Å². The molecule has 1 rings (SSSR count). The van der Waals surface area contributed by atoms with E-state index in [1.165, 1.54) is 32.1 Å². The first kappa shape index (κ1) is 20.4. The van der Waals surface area contributed by atoms with Crippen LogP contribution in [0, 0.1) is 23.7 Å². The third-order valence-electron chi connectivity index (χ3n) is 5.70. The minimum absolute atomic E-state index is 0.142. The normalized spacial score (nSPS) is 21.8. The van der Waals surface area contributed by atoms with Gasteiger partial charge in [0, 0.05) is 6.04 Å². The minimum Gasteiger partial charge on any atom is -0.481 e. The van der Waals surface area contributed by atoms with Crippen LogP contribution in [0.4, 0.5) is 0 Å². The van der Waals surface area contributed by atoms with Crippen LogP contribution in [-0.4, -0.2) is 28.3 Å². The van der Waals surface area contributed by atoms with Crippen LogP contribution in [0.15, 0.2) is 0 Å². The maximum absolute atomic E-state index is 11.0. The van der Waals surface area contributed by atoms with Crippen molar-refractivity contribution >= 4 is 5.97 Å². The van der Waals surface area contributed by atoms with Crippen molar-refractivity contribution in [1.29, 1.82) is 0 Å². The molecule has 4 N–H and O–H groups in total. The van der Waals surface area contributed by atoms with Crippen LogP contribution in [-0.2, 0) is 4.79 Å². The maximum Gasteiger partial charge on any atom is 0.306 e. The van der Waals surface area contributed by atoms with E-state index in [-0.39, 0.29) is 12.0 Å². The van der Waals surface area contributed by atoms with Crippen LogP contribution in [0.3, 0.4) is 0 Å². The predicted molar refractivity (Wildman–Crippen MR) is 94.2 cm³/mol. The number of carboxylic acid groups (broad SMARTS) is 1. The number of hydrogen-bond acceptors (Lipinski definition) is 3. The molecule has 0 saturated heterocycles. The zero-order chi connectivity index (χ0) is 17.4. The summed E-state index contributed by atoms with van der Waals surface area (Å²) in [6.45, 7) is 6.05. The fourth-order valence-electron chi connectivity index (χ4n) is 3.76. The number of nitrogens with two attached hydrogens (primary N) is 1. The molecule has 1 saturated carbocycles. The molecule has 0 bridgehead atoms. The van der Waals surface area contributed by atoms with Crippen LogP contribution in [0.1, 0.15) is 78.6 Å². The van der Waals surface area contributed by atoms with E-state index in [0.29, 0.717) is 30.6 Å². The largest absolute Gasteiger partial charge is 0.481 e. The Kier molecular flexibility index (Phi) is 9.15. The first-order valence-electron chi connectivity index (χ1n) is 9.47. The monoisotopic (exact) mass is 327 g/mol. The summed E-state index contributed by atoms with van der Waals surface area (Å²) in [7, 11) is 0. The zero-order valence-corrected chi connectivity index (χ0v) is 15.2. The highest BCUT2D eigenvalue weighted by molar-refractivity contribution is 5.69. The van der Waals surface area contributed by atoms with Crippen molar-refractivity contribution in [3.8, 4) is 0 Å². The number of carbonyl (C=O) groups is 1. The number of hydrogen-bond donors (Lipinski definition) is 3. The molecule has 1 aliphatic carbocycles. The molecule has 0 aromatic heterocycles. The number of aliphatic carboxylic acids is 1. The second kappa shape index (κ2) is 10.3. The molecule has 4 nitrogen and oxygen atoms in total. The Bertz CT molecular complexity index is 340. The Hall–Kier alpha value is -0.610. The molecule has 0 spiro atoms. The van der Waals surface area contributed by atoms with Gasteiger partial charge >= 0.3 is 5.97 Å². The Morgan fingerprint density at radius 1 is 1.13 bits per heavy atom. The predicted octanol–water partition coefficient (Wildman–Crippen LogP) is 3.81. The average Bonchev–Trinajstić information content (AvgIpc) is 2.51. The number of carboxylic acids is 1. The van der Waals surface area contributed by atoms with Gasteiger partial charge in [-0.25, -0.2) is 0 Å². The SMILES string of the molecule is CC(CC[C@@H](C[C@H](O)[C@@H](N)CC1CCCCC1)C(C)C)C(=O)O. The summed E-state index contributed by atoms with van der Waals surface area (Å²) in [5.41, 5.74) is 6.26.